The summed E-state index contributed by atoms with van der Waals surface area (Å²) in [5, 5.41) is 9.90. The van der Waals surface area contributed by atoms with Crippen LogP contribution in [-0.4, -0.2) is 11.8 Å². The maximum atomic E-state index is 12.3. The quantitative estimate of drug-likeness (QED) is 0.850. The van der Waals surface area contributed by atoms with Crippen molar-refractivity contribution in [3.05, 3.63) is 59.7 Å². The molecule has 106 valence electrons. The third-order valence-electron chi connectivity index (χ3n) is 3.07. The summed E-state index contributed by atoms with van der Waals surface area (Å²) in [6.45, 7) is -0.0803. The predicted octanol–water partition coefficient (Wildman–Crippen LogP) is 3.33. The molecule has 1 atom stereocenters. The van der Waals surface area contributed by atoms with E-state index in [0.29, 0.717) is 17.9 Å². The zero-order valence-electron chi connectivity index (χ0n) is 11.1. The van der Waals surface area contributed by atoms with Gasteiger partial charge >= 0.3 is 0 Å². The molecule has 0 amide bonds. The van der Waals surface area contributed by atoms with E-state index in [-0.39, 0.29) is 12.2 Å². The fourth-order valence-corrected chi connectivity index (χ4v) is 1.94. The van der Waals surface area contributed by atoms with Crippen LogP contribution in [0.2, 0.25) is 0 Å². The maximum Gasteiger partial charge on any atom is 0.124 e. The second-order valence-corrected chi connectivity index (χ2v) is 4.58. The first-order chi connectivity index (χ1) is 9.70. The molecule has 0 saturated heterocycles. The van der Waals surface area contributed by atoms with E-state index in [0.717, 1.165) is 5.56 Å². The number of hydrogen-bond acceptors (Lipinski definition) is 3. The normalized spacial score (nSPS) is 12.1. The fourth-order valence-electron chi connectivity index (χ4n) is 1.94. The molecule has 0 aliphatic carbocycles. The first kappa shape index (κ1) is 14.3. The van der Waals surface area contributed by atoms with Gasteiger partial charge in [-0.15, -0.1) is 0 Å². The summed E-state index contributed by atoms with van der Waals surface area (Å²) >= 11 is 0. The molecule has 2 rings (SSSR count). The summed E-state index contributed by atoms with van der Waals surface area (Å²) in [6.07, 6.45) is 0.192. The number of rotatable bonds is 6. The van der Waals surface area contributed by atoms with Crippen molar-refractivity contribution in [3.8, 4) is 11.5 Å². The van der Waals surface area contributed by atoms with Gasteiger partial charge in [0.2, 0.25) is 0 Å². The lowest BCUT2D eigenvalue weighted by molar-refractivity contribution is 0.304. The Balaban J connectivity index is 2.02. The van der Waals surface area contributed by atoms with Gasteiger partial charge in [-0.2, -0.15) is 0 Å². The van der Waals surface area contributed by atoms with Crippen LogP contribution in [0.25, 0.3) is 0 Å². The molecule has 4 heteroatoms. The minimum atomic E-state index is -0.507. The van der Waals surface area contributed by atoms with Gasteiger partial charge in [-0.05, 0) is 18.1 Å². The fraction of sp³-hybridized carbons (Fsp3) is 0.250. The number of halogens is 1. The molecule has 0 saturated carbocycles. The highest BCUT2D eigenvalue weighted by Gasteiger charge is 2.11. The van der Waals surface area contributed by atoms with Crippen molar-refractivity contribution in [2.45, 2.75) is 19.1 Å². The van der Waals surface area contributed by atoms with Gasteiger partial charge in [0.05, 0.1) is 6.67 Å². The van der Waals surface area contributed by atoms with Crippen LogP contribution in [0.3, 0.4) is 0 Å². The van der Waals surface area contributed by atoms with Crippen molar-refractivity contribution >= 4 is 0 Å². The molecule has 0 fully saturated rings. The Kier molecular flexibility index (Phi) is 4.96. The summed E-state index contributed by atoms with van der Waals surface area (Å²) in [6, 6.07) is 14.2. The number of ether oxygens (including phenoxy) is 1. The Morgan fingerprint density at radius 2 is 1.90 bits per heavy atom. The Morgan fingerprint density at radius 1 is 1.15 bits per heavy atom. The number of hydrogen-bond donors (Lipinski definition) is 2. The largest absolute Gasteiger partial charge is 0.507 e. The maximum absolute atomic E-state index is 12.3. The lowest BCUT2D eigenvalue weighted by Crippen LogP contribution is -2.11. The standard InChI is InChI=1S/C16H18FNO2/c17-9-8-15(18)14-7-6-13(10-16(14)19)20-11-12-4-2-1-3-5-12/h1-7,10,15,19H,8-9,11,18H2/t15-/m0/s1. The van der Waals surface area contributed by atoms with Gasteiger partial charge < -0.3 is 15.6 Å². The lowest BCUT2D eigenvalue weighted by atomic mass is 10.0. The highest BCUT2D eigenvalue weighted by atomic mass is 19.1. The van der Waals surface area contributed by atoms with Crippen LogP contribution in [0.4, 0.5) is 4.39 Å². The second-order valence-electron chi connectivity index (χ2n) is 4.58. The van der Waals surface area contributed by atoms with Gasteiger partial charge in [0.25, 0.3) is 0 Å². The third kappa shape index (κ3) is 3.71. The SMILES string of the molecule is N[C@@H](CCF)c1ccc(OCc2ccccc2)cc1O. The van der Waals surface area contributed by atoms with Crippen LogP contribution in [-0.2, 0) is 6.61 Å². The van der Waals surface area contributed by atoms with Crippen molar-refractivity contribution in [1.29, 1.82) is 0 Å². The second kappa shape index (κ2) is 6.91. The van der Waals surface area contributed by atoms with E-state index in [1.165, 1.54) is 6.07 Å². The molecular formula is C16H18FNO2. The van der Waals surface area contributed by atoms with Crippen LogP contribution in [0.5, 0.6) is 11.5 Å². The Morgan fingerprint density at radius 3 is 2.55 bits per heavy atom. The van der Waals surface area contributed by atoms with Crippen molar-refractivity contribution in [2.75, 3.05) is 6.67 Å². The number of aromatic hydroxyl groups is 1. The minimum absolute atomic E-state index is 0.0384. The van der Waals surface area contributed by atoms with Crippen molar-refractivity contribution < 1.29 is 14.2 Å². The molecule has 0 spiro atoms. The molecule has 0 heterocycles. The van der Waals surface area contributed by atoms with Gasteiger partial charge in [0.15, 0.2) is 0 Å². The monoisotopic (exact) mass is 275 g/mol. The topological polar surface area (TPSA) is 55.5 Å². The summed E-state index contributed by atoms with van der Waals surface area (Å²) in [7, 11) is 0. The van der Waals surface area contributed by atoms with Crippen molar-refractivity contribution in [1.82, 2.24) is 0 Å². The molecule has 0 aliphatic heterocycles. The molecule has 20 heavy (non-hydrogen) atoms. The number of phenolic OH excluding ortho intramolecular Hbond substituents is 1. The zero-order valence-corrected chi connectivity index (χ0v) is 11.1. The molecule has 0 unspecified atom stereocenters. The van der Waals surface area contributed by atoms with E-state index in [1.54, 1.807) is 12.1 Å². The van der Waals surface area contributed by atoms with E-state index in [2.05, 4.69) is 0 Å². The van der Waals surface area contributed by atoms with Crippen LogP contribution in [0.15, 0.2) is 48.5 Å². The molecule has 3 nitrogen and oxygen atoms in total. The van der Waals surface area contributed by atoms with E-state index in [4.69, 9.17) is 10.5 Å². The molecule has 0 radical (unpaired) electrons. The number of alkyl halides is 1. The van der Waals surface area contributed by atoms with Gasteiger partial charge in [-0.25, -0.2) is 0 Å². The minimum Gasteiger partial charge on any atom is -0.507 e. The van der Waals surface area contributed by atoms with E-state index in [9.17, 15) is 9.50 Å². The van der Waals surface area contributed by atoms with Crippen LogP contribution >= 0.6 is 0 Å². The lowest BCUT2D eigenvalue weighted by Gasteiger charge is -2.13. The Bertz CT molecular complexity index is 545. The molecular weight excluding hydrogens is 257 g/mol. The highest BCUT2D eigenvalue weighted by molar-refractivity contribution is 5.41. The first-order valence-electron chi connectivity index (χ1n) is 6.52. The van der Waals surface area contributed by atoms with Crippen molar-refractivity contribution in [3.63, 3.8) is 0 Å². The molecule has 2 aromatic carbocycles. The van der Waals surface area contributed by atoms with Crippen LogP contribution < -0.4 is 10.5 Å². The number of benzene rings is 2. The zero-order chi connectivity index (χ0) is 14.4. The average Bonchev–Trinajstić information content (AvgIpc) is 2.46. The predicted molar refractivity (Wildman–Crippen MR) is 76.4 cm³/mol. The smallest absolute Gasteiger partial charge is 0.124 e. The third-order valence-corrected chi connectivity index (χ3v) is 3.07. The van der Waals surface area contributed by atoms with Gasteiger partial charge in [0, 0.05) is 17.7 Å². The Labute approximate surface area is 117 Å². The van der Waals surface area contributed by atoms with E-state index < -0.39 is 12.7 Å². The van der Waals surface area contributed by atoms with Crippen LogP contribution in [0, 0.1) is 0 Å². The van der Waals surface area contributed by atoms with E-state index >= 15 is 0 Å². The summed E-state index contributed by atoms with van der Waals surface area (Å²) in [5.74, 6) is 0.596. The molecule has 0 aliphatic rings. The summed E-state index contributed by atoms with van der Waals surface area (Å²) in [4.78, 5) is 0. The summed E-state index contributed by atoms with van der Waals surface area (Å²) in [5.41, 5.74) is 7.36. The van der Waals surface area contributed by atoms with Crippen LogP contribution in [0.1, 0.15) is 23.6 Å². The number of phenols is 1. The first-order valence-corrected chi connectivity index (χ1v) is 6.52. The molecule has 2 aromatic rings. The van der Waals surface area contributed by atoms with E-state index in [1.807, 2.05) is 30.3 Å². The average molecular weight is 275 g/mol. The Hall–Kier alpha value is -2.07. The molecule has 0 bridgehead atoms. The highest BCUT2D eigenvalue weighted by Crippen LogP contribution is 2.29. The van der Waals surface area contributed by atoms with Gasteiger partial charge in [-0.3, -0.25) is 4.39 Å². The molecule has 3 N–H and O–H groups in total. The number of nitrogens with two attached hydrogens (primary N) is 1. The summed E-state index contributed by atoms with van der Waals surface area (Å²) < 4.78 is 17.9. The van der Waals surface area contributed by atoms with Gasteiger partial charge in [0.1, 0.15) is 18.1 Å². The molecule has 0 aromatic heterocycles. The van der Waals surface area contributed by atoms with Gasteiger partial charge in [-0.1, -0.05) is 36.4 Å². The van der Waals surface area contributed by atoms with Crippen molar-refractivity contribution in [2.24, 2.45) is 5.73 Å².